The first kappa shape index (κ1) is 8.06. The molecule has 0 radical (unpaired) electrons. The van der Waals surface area contributed by atoms with E-state index in [-0.39, 0.29) is 0 Å². The van der Waals surface area contributed by atoms with E-state index in [4.69, 9.17) is 0 Å². The van der Waals surface area contributed by atoms with Crippen molar-refractivity contribution in [2.45, 2.75) is 6.30 Å². The molecule has 3 nitrogen and oxygen atoms in total. The maximum atomic E-state index is 11.1. The van der Waals surface area contributed by atoms with Crippen LogP contribution in [0.4, 0.5) is 18.0 Å². The van der Waals surface area contributed by atoms with Gasteiger partial charge in [0.1, 0.15) is 0 Å². The van der Waals surface area contributed by atoms with Gasteiger partial charge in [0.2, 0.25) is 0 Å². The van der Waals surface area contributed by atoms with E-state index in [1.807, 2.05) is 0 Å². The first-order chi connectivity index (χ1) is 3.95. The van der Waals surface area contributed by atoms with Crippen LogP contribution in [0.15, 0.2) is 0 Å². The molecule has 0 heterocycles. The Morgan fingerprint density at radius 1 is 1.56 bits per heavy atom. The smallest absolute Gasteiger partial charge is 0.453 e. The van der Waals surface area contributed by atoms with Crippen molar-refractivity contribution in [1.29, 1.82) is 0 Å². The summed E-state index contributed by atoms with van der Waals surface area (Å²) in [6.07, 6.45) is -6.21. The summed E-state index contributed by atoms with van der Waals surface area (Å²) in [5.74, 6) is 0. The molecular formula is C3H4F3NO2. The molecule has 0 saturated carbocycles. The summed E-state index contributed by atoms with van der Waals surface area (Å²) in [5, 5.41) is 0.608. The van der Waals surface area contributed by atoms with E-state index in [1.165, 1.54) is 0 Å². The maximum Gasteiger partial charge on any atom is 0.487 e. The molecule has 0 bridgehead atoms. The number of carbonyl (C=O) groups is 1. The third-order valence-corrected chi connectivity index (χ3v) is 0.429. The van der Waals surface area contributed by atoms with Gasteiger partial charge in [-0.2, -0.15) is 13.2 Å². The highest BCUT2D eigenvalue weighted by Gasteiger charge is 2.30. The Labute approximate surface area is 48.8 Å². The molecule has 0 atom stereocenters. The van der Waals surface area contributed by atoms with Gasteiger partial charge in [0.05, 0.1) is 7.11 Å². The van der Waals surface area contributed by atoms with Gasteiger partial charge in [-0.15, -0.1) is 0 Å². The predicted molar refractivity (Wildman–Crippen MR) is 21.6 cm³/mol. The lowest BCUT2D eigenvalue weighted by Gasteiger charge is -2.05. The molecule has 9 heavy (non-hydrogen) atoms. The summed E-state index contributed by atoms with van der Waals surface area (Å²) in [7, 11) is 0.848. The van der Waals surface area contributed by atoms with Crippen molar-refractivity contribution in [1.82, 2.24) is 5.32 Å². The molecule has 0 rings (SSSR count). The molecule has 0 aromatic heterocycles. The van der Waals surface area contributed by atoms with Crippen LogP contribution >= 0.6 is 0 Å². The van der Waals surface area contributed by atoms with Crippen LogP contribution in [0.2, 0.25) is 0 Å². The summed E-state index contributed by atoms with van der Waals surface area (Å²) < 4.78 is 36.9. The molecule has 0 aliphatic rings. The number of carbonyl (C=O) groups excluding carboxylic acids is 1. The number of alkyl carbamates (subject to hydrolysis) is 1. The van der Waals surface area contributed by atoms with E-state index in [2.05, 4.69) is 4.74 Å². The number of ether oxygens (including phenoxy) is 1. The minimum atomic E-state index is -4.70. The second-order valence-electron chi connectivity index (χ2n) is 1.11. The fourth-order valence-corrected chi connectivity index (χ4v) is 0.167. The molecule has 54 valence electrons. The number of halogens is 3. The van der Waals surface area contributed by atoms with Crippen LogP contribution in [0, 0.1) is 0 Å². The Bertz CT molecular complexity index is 110. The van der Waals surface area contributed by atoms with E-state index in [0.717, 1.165) is 7.11 Å². The topological polar surface area (TPSA) is 38.3 Å². The minimum absolute atomic E-state index is 0.608. The molecule has 0 spiro atoms. The van der Waals surface area contributed by atoms with E-state index in [1.54, 1.807) is 0 Å². The lowest BCUT2D eigenvalue weighted by atomic mass is 11.0. The zero-order chi connectivity index (χ0) is 7.49. The Morgan fingerprint density at radius 2 is 2.00 bits per heavy atom. The van der Waals surface area contributed by atoms with Crippen molar-refractivity contribution in [3.05, 3.63) is 0 Å². The Morgan fingerprint density at radius 3 is 2.11 bits per heavy atom. The highest BCUT2D eigenvalue weighted by atomic mass is 19.4. The van der Waals surface area contributed by atoms with Crippen LogP contribution in [-0.4, -0.2) is 19.5 Å². The standard InChI is InChI=1S/C3H4F3NO2/c1-9-2(8)7-3(4,5)6/h1H3,(H,7,8). The fourth-order valence-electron chi connectivity index (χ4n) is 0.167. The average molecular weight is 143 g/mol. The van der Waals surface area contributed by atoms with Crippen molar-refractivity contribution in [3.63, 3.8) is 0 Å². The summed E-state index contributed by atoms with van der Waals surface area (Å²) in [6.45, 7) is 0. The van der Waals surface area contributed by atoms with Gasteiger partial charge in [-0.05, 0) is 0 Å². The molecule has 0 aromatic carbocycles. The van der Waals surface area contributed by atoms with Crippen LogP contribution in [-0.2, 0) is 4.74 Å². The molecule has 0 saturated heterocycles. The van der Waals surface area contributed by atoms with Crippen LogP contribution in [0.5, 0.6) is 0 Å². The van der Waals surface area contributed by atoms with E-state index in [9.17, 15) is 18.0 Å². The van der Waals surface area contributed by atoms with Crippen LogP contribution < -0.4 is 5.32 Å². The van der Waals surface area contributed by atoms with Gasteiger partial charge in [-0.3, -0.25) is 0 Å². The summed E-state index contributed by atoms with van der Waals surface area (Å²) >= 11 is 0. The number of hydrogen-bond donors (Lipinski definition) is 1. The first-order valence-corrected chi connectivity index (χ1v) is 1.88. The van der Waals surface area contributed by atoms with Gasteiger partial charge in [-0.1, -0.05) is 0 Å². The molecule has 0 fully saturated rings. The molecule has 1 N–H and O–H groups in total. The second-order valence-corrected chi connectivity index (χ2v) is 1.11. The fraction of sp³-hybridized carbons (Fsp3) is 0.667. The van der Waals surface area contributed by atoms with Crippen molar-refractivity contribution < 1.29 is 22.7 Å². The number of hydrogen-bond acceptors (Lipinski definition) is 2. The third kappa shape index (κ3) is 4.92. The van der Waals surface area contributed by atoms with Gasteiger partial charge >= 0.3 is 12.4 Å². The molecule has 0 unspecified atom stereocenters. The SMILES string of the molecule is COC(=O)NC(F)(F)F. The van der Waals surface area contributed by atoms with Crippen molar-refractivity contribution in [2.75, 3.05) is 7.11 Å². The van der Waals surface area contributed by atoms with E-state index < -0.39 is 12.4 Å². The molecule has 0 aliphatic heterocycles. The second kappa shape index (κ2) is 2.56. The van der Waals surface area contributed by atoms with E-state index in [0.29, 0.717) is 5.32 Å². The number of alkyl halides is 3. The van der Waals surface area contributed by atoms with Crippen LogP contribution in [0.25, 0.3) is 0 Å². The van der Waals surface area contributed by atoms with Crippen molar-refractivity contribution in [3.8, 4) is 0 Å². The van der Waals surface area contributed by atoms with Gasteiger partial charge in [0.25, 0.3) is 0 Å². The lowest BCUT2D eigenvalue weighted by molar-refractivity contribution is -0.149. The molecule has 0 aromatic rings. The normalized spacial score (nSPS) is 10.7. The van der Waals surface area contributed by atoms with Crippen LogP contribution in [0.3, 0.4) is 0 Å². The Hall–Kier alpha value is -0.940. The number of methoxy groups -OCH3 is 1. The zero-order valence-corrected chi connectivity index (χ0v) is 4.45. The summed E-state index contributed by atoms with van der Waals surface area (Å²) in [4.78, 5) is 9.77. The van der Waals surface area contributed by atoms with Crippen molar-refractivity contribution in [2.24, 2.45) is 0 Å². The highest BCUT2D eigenvalue weighted by Crippen LogP contribution is 2.08. The van der Waals surface area contributed by atoms with Crippen molar-refractivity contribution >= 4 is 6.09 Å². The zero-order valence-electron chi connectivity index (χ0n) is 4.45. The van der Waals surface area contributed by atoms with Crippen LogP contribution in [0.1, 0.15) is 0 Å². The molecular weight excluding hydrogens is 139 g/mol. The highest BCUT2D eigenvalue weighted by molar-refractivity contribution is 5.67. The molecule has 1 amide bonds. The predicted octanol–water partition coefficient (Wildman–Crippen LogP) is 0.862. The molecule has 6 heteroatoms. The average Bonchev–Trinajstić information content (AvgIpc) is 1.62. The number of amides is 1. The van der Waals surface area contributed by atoms with E-state index >= 15 is 0 Å². The van der Waals surface area contributed by atoms with Gasteiger partial charge in [-0.25, -0.2) is 10.1 Å². The maximum absolute atomic E-state index is 11.1. The molecule has 0 aliphatic carbocycles. The minimum Gasteiger partial charge on any atom is -0.453 e. The Balaban J connectivity index is 3.60. The first-order valence-electron chi connectivity index (χ1n) is 1.88. The number of rotatable bonds is 0. The summed E-state index contributed by atoms with van der Waals surface area (Å²) in [6, 6.07) is 0. The monoisotopic (exact) mass is 143 g/mol. The quantitative estimate of drug-likeness (QED) is 0.511. The van der Waals surface area contributed by atoms with Gasteiger partial charge < -0.3 is 4.74 Å². The third-order valence-electron chi connectivity index (χ3n) is 0.429. The largest absolute Gasteiger partial charge is 0.487 e. The van der Waals surface area contributed by atoms with Gasteiger partial charge in [0.15, 0.2) is 0 Å². The number of nitrogens with one attached hydrogen (secondary N) is 1. The Kier molecular flexibility index (Phi) is 2.29. The summed E-state index contributed by atoms with van der Waals surface area (Å²) in [5.41, 5.74) is 0. The van der Waals surface area contributed by atoms with Gasteiger partial charge in [0, 0.05) is 0 Å². The lowest BCUT2D eigenvalue weighted by Crippen LogP contribution is -2.36.